The number of rotatable bonds is 10. The minimum Gasteiger partial charge on any atom is -0.409 e. The molecule has 8 heteroatoms. The van der Waals surface area contributed by atoms with Gasteiger partial charge in [0.25, 0.3) is 5.75 Å². The first kappa shape index (κ1) is 21.3. The first-order valence-electron chi connectivity index (χ1n) is 8.63. The zero-order chi connectivity index (χ0) is 19.7. The Kier molecular flexibility index (Phi) is 8.41. The number of carbonyl (C=O) groups is 1. The van der Waals surface area contributed by atoms with E-state index in [4.69, 9.17) is 4.74 Å². The van der Waals surface area contributed by atoms with Gasteiger partial charge in [0.15, 0.2) is 0 Å². The van der Waals surface area contributed by atoms with Gasteiger partial charge in [0.1, 0.15) is 0 Å². The highest BCUT2D eigenvalue weighted by atomic mass is 16.6. The largest absolute Gasteiger partial charge is 0.409 e. The van der Waals surface area contributed by atoms with Gasteiger partial charge >= 0.3 is 17.3 Å². The van der Waals surface area contributed by atoms with Crippen LogP contribution in [0.15, 0.2) is 24.3 Å². The van der Waals surface area contributed by atoms with Crippen molar-refractivity contribution in [3.05, 3.63) is 50.1 Å². The number of unbranched alkanes of at least 4 members (excludes halogenated alkanes) is 3. The molecule has 0 amide bonds. The van der Waals surface area contributed by atoms with Gasteiger partial charge in [-0.25, -0.2) is 4.79 Å². The van der Waals surface area contributed by atoms with Crippen molar-refractivity contribution in [3.8, 4) is 5.75 Å². The molecule has 8 nitrogen and oxygen atoms in total. The van der Waals surface area contributed by atoms with Gasteiger partial charge < -0.3 is 4.74 Å². The van der Waals surface area contributed by atoms with E-state index in [-0.39, 0.29) is 5.92 Å². The van der Waals surface area contributed by atoms with E-state index in [0.717, 1.165) is 38.2 Å². The first-order valence-corrected chi connectivity index (χ1v) is 8.63. The summed E-state index contributed by atoms with van der Waals surface area (Å²) in [5.74, 6) is -1.62. The Labute approximate surface area is 152 Å². The maximum absolute atomic E-state index is 11.6. The molecule has 0 aliphatic heterocycles. The highest BCUT2D eigenvalue weighted by Crippen LogP contribution is 2.40. The van der Waals surface area contributed by atoms with Crippen molar-refractivity contribution in [2.75, 3.05) is 0 Å². The lowest BCUT2D eigenvalue weighted by Gasteiger charge is -2.13. The number of carbonyl (C=O) groups excluding carboxylic acids is 1. The zero-order valence-electron chi connectivity index (χ0n) is 15.3. The monoisotopic (exact) mass is 364 g/mol. The van der Waals surface area contributed by atoms with Crippen LogP contribution >= 0.6 is 0 Å². The Morgan fingerprint density at radius 3 is 2.19 bits per heavy atom. The van der Waals surface area contributed by atoms with Crippen molar-refractivity contribution in [1.82, 2.24) is 0 Å². The average Bonchev–Trinajstić information content (AvgIpc) is 2.58. The van der Waals surface area contributed by atoms with E-state index in [1.165, 1.54) is 18.2 Å². The summed E-state index contributed by atoms with van der Waals surface area (Å²) in [5, 5.41) is 22.8. The number of ether oxygens (including phenoxy) is 1. The lowest BCUT2D eigenvalue weighted by atomic mass is 9.93. The van der Waals surface area contributed by atoms with Crippen LogP contribution in [0, 0.1) is 20.2 Å². The highest BCUT2D eigenvalue weighted by Gasteiger charge is 2.31. The average molecular weight is 364 g/mol. The summed E-state index contributed by atoms with van der Waals surface area (Å²) in [6.07, 6.45) is 7.37. The van der Waals surface area contributed by atoms with Gasteiger partial charge in [0, 0.05) is 18.2 Å². The van der Waals surface area contributed by atoms with Crippen molar-refractivity contribution in [2.24, 2.45) is 0 Å². The second-order valence-electron chi connectivity index (χ2n) is 6.07. The van der Waals surface area contributed by atoms with Crippen LogP contribution in [0.25, 0.3) is 0 Å². The molecule has 142 valence electrons. The fourth-order valence-electron chi connectivity index (χ4n) is 2.59. The van der Waals surface area contributed by atoms with Crippen molar-refractivity contribution >= 4 is 17.3 Å². The van der Waals surface area contributed by atoms with Crippen LogP contribution in [0.1, 0.15) is 64.4 Å². The molecule has 0 unspecified atom stereocenters. The van der Waals surface area contributed by atoms with Gasteiger partial charge in [-0.1, -0.05) is 45.6 Å². The van der Waals surface area contributed by atoms with E-state index >= 15 is 0 Å². The number of benzene rings is 1. The Hall–Kier alpha value is -2.77. The predicted molar refractivity (Wildman–Crippen MR) is 97.4 cm³/mol. The lowest BCUT2D eigenvalue weighted by molar-refractivity contribution is -0.395. The smallest absolute Gasteiger partial charge is 0.336 e. The quantitative estimate of drug-likeness (QED) is 0.143. The number of esters is 1. The van der Waals surface area contributed by atoms with Crippen LogP contribution in [0.5, 0.6) is 5.75 Å². The standard InChI is InChI=1S/C18H24N2O6/c1-4-6-7-8-10-13(3)14-11-15(19(22)23)18(16(12-14)20(24)25)26-17(21)9-5-2/h5,9,11-13H,4,6-8,10H2,1-3H3/b9-5+/t13-/m0/s1. The third-order valence-corrected chi connectivity index (χ3v) is 4.03. The molecule has 0 heterocycles. The Morgan fingerprint density at radius 1 is 1.15 bits per heavy atom. The molecule has 1 atom stereocenters. The maximum Gasteiger partial charge on any atom is 0.336 e. The molecule has 0 aliphatic carbocycles. The second kappa shape index (κ2) is 10.3. The molecule has 0 aromatic heterocycles. The topological polar surface area (TPSA) is 113 Å². The number of hydrogen-bond acceptors (Lipinski definition) is 6. The molecule has 0 spiro atoms. The molecule has 1 aromatic carbocycles. The van der Waals surface area contributed by atoms with Gasteiger partial charge in [0.2, 0.25) is 0 Å². The molecule has 26 heavy (non-hydrogen) atoms. The van der Waals surface area contributed by atoms with Crippen LogP contribution in [-0.4, -0.2) is 15.8 Å². The highest BCUT2D eigenvalue weighted by molar-refractivity contribution is 5.86. The lowest BCUT2D eigenvalue weighted by Crippen LogP contribution is -2.09. The van der Waals surface area contributed by atoms with Gasteiger partial charge in [-0.3, -0.25) is 20.2 Å². The molecule has 0 N–H and O–H groups in total. The van der Waals surface area contributed by atoms with Crippen LogP contribution in [0.4, 0.5) is 11.4 Å². The minimum absolute atomic E-state index is 0.0791. The fourth-order valence-corrected chi connectivity index (χ4v) is 2.59. The molecule has 0 aliphatic rings. The summed E-state index contributed by atoms with van der Waals surface area (Å²) >= 11 is 0. The summed E-state index contributed by atoms with van der Waals surface area (Å²) in [7, 11) is 0. The molecule has 1 aromatic rings. The minimum atomic E-state index is -0.904. The molecule has 0 saturated carbocycles. The summed E-state index contributed by atoms with van der Waals surface area (Å²) in [5.41, 5.74) is -0.661. The van der Waals surface area contributed by atoms with Crippen molar-refractivity contribution < 1.29 is 19.4 Å². The third kappa shape index (κ3) is 5.94. The van der Waals surface area contributed by atoms with E-state index in [1.54, 1.807) is 6.92 Å². The second-order valence-corrected chi connectivity index (χ2v) is 6.07. The number of nitro benzene ring substituents is 2. The van der Waals surface area contributed by atoms with Crippen LogP contribution in [0.2, 0.25) is 0 Å². The first-order chi connectivity index (χ1) is 12.3. The van der Waals surface area contributed by atoms with Crippen molar-refractivity contribution in [3.63, 3.8) is 0 Å². The number of allylic oxidation sites excluding steroid dienone is 1. The third-order valence-electron chi connectivity index (χ3n) is 4.03. The number of nitro groups is 2. The van der Waals surface area contributed by atoms with E-state index < -0.39 is 32.9 Å². The molecule has 1 rings (SSSR count). The molecule has 0 radical (unpaired) electrons. The molecule has 0 bridgehead atoms. The molecule has 0 saturated heterocycles. The van der Waals surface area contributed by atoms with E-state index in [2.05, 4.69) is 6.92 Å². The summed E-state index contributed by atoms with van der Waals surface area (Å²) in [6, 6.07) is 2.52. The Morgan fingerprint density at radius 2 is 1.73 bits per heavy atom. The van der Waals surface area contributed by atoms with Crippen LogP contribution < -0.4 is 4.74 Å². The van der Waals surface area contributed by atoms with Gasteiger partial charge in [-0.15, -0.1) is 0 Å². The van der Waals surface area contributed by atoms with Gasteiger partial charge in [-0.05, 0) is 24.8 Å². The number of nitrogens with zero attached hydrogens (tertiary/aromatic N) is 2. The maximum atomic E-state index is 11.6. The molecule has 0 fully saturated rings. The summed E-state index contributed by atoms with van der Waals surface area (Å²) in [6.45, 7) is 5.54. The van der Waals surface area contributed by atoms with Crippen molar-refractivity contribution in [1.29, 1.82) is 0 Å². The summed E-state index contributed by atoms with van der Waals surface area (Å²) < 4.78 is 4.88. The predicted octanol–water partition coefficient (Wildman–Crippen LogP) is 5.06. The van der Waals surface area contributed by atoms with Crippen molar-refractivity contribution in [2.45, 2.75) is 58.8 Å². The number of hydrogen-bond donors (Lipinski definition) is 0. The van der Waals surface area contributed by atoms with E-state index in [0.29, 0.717) is 5.56 Å². The van der Waals surface area contributed by atoms with E-state index in [9.17, 15) is 25.0 Å². The van der Waals surface area contributed by atoms with Gasteiger partial charge in [-0.2, -0.15) is 0 Å². The Bertz CT molecular complexity index is 664. The summed E-state index contributed by atoms with van der Waals surface area (Å²) in [4.78, 5) is 32.9. The normalized spacial score (nSPS) is 12.1. The fraction of sp³-hybridized carbons (Fsp3) is 0.500. The van der Waals surface area contributed by atoms with Crippen LogP contribution in [0.3, 0.4) is 0 Å². The van der Waals surface area contributed by atoms with E-state index in [1.807, 2.05) is 6.92 Å². The van der Waals surface area contributed by atoms with Gasteiger partial charge in [0.05, 0.1) is 9.85 Å². The zero-order valence-corrected chi connectivity index (χ0v) is 15.3. The SMILES string of the molecule is C/C=C/C(=O)Oc1c([N+](=O)[O-])cc([C@@H](C)CCCCCC)cc1[N+](=O)[O-]. The molecular weight excluding hydrogens is 340 g/mol. The Balaban J connectivity index is 3.25. The van der Waals surface area contributed by atoms with Crippen LogP contribution in [-0.2, 0) is 4.79 Å². The molecular formula is C18H24N2O6.